The topological polar surface area (TPSA) is 0 Å². The molecule has 0 N–H and O–H groups in total. The maximum atomic E-state index is 0. The first-order chi connectivity index (χ1) is 0. The average molecular weight is 141 g/mol. The Hall–Kier alpha value is 2.54. The van der Waals surface area contributed by atoms with Crippen LogP contribution in [0.3, 0.4) is 0 Å². The maximum absolute atomic E-state index is 0. The average Bonchev–Trinajstić information content (AvgIpc) is 0. The monoisotopic (exact) mass is 141 g/mol. The molecule has 0 aliphatic heterocycles. The van der Waals surface area contributed by atoms with Crippen LogP contribution in [-0.4, -0.2) is 62.8 Å². The predicted molar refractivity (Wildman–Crippen MR) is 11.5 cm³/mol. The zero-order valence-electron chi connectivity index (χ0n) is 2.66. The summed E-state index contributed by atoms with van der Waals surface area (Å²) in [5, 5.41) is 0. The Morgan fingerprint density at radius 2 is 1.00 bits per heavy atom. The molecule has 0 spiro atoms. The van der Waals surface area contributed by atoms with Crippen LogP contribution in [-0.2, 0) is 0 Å². The van der Waals surface area contributed by atoms with Crippen LogP contribution in [0, 0.1) is 0 Å². The molecule has 0 fully saturated rings. The molecule has 0 aromatic carbocycles. The van der Waals surface area contributed by atoms with Crippen LogP contribution in [0.25, 0.3) is 0 Å². The largest absolute Gasteiger partial charge is 1.00 e. The minimum Gasteiger partial charge on any atom is -1.00 e. The molecule has 0 amide bonds. The van der Waals surface area contributed by atoms with Gasteiger partial charge in [0.1, 0.15) is 0 Å². The fourth-order valence-corrected chi connectivity index (χ4v) is 0. The summed E-state index contributed by atoms with van der Waals surface area (Å²) in [4.78, 5) is 0. The Bertz CT molecular complexity index is 8.00. The van der Waals surface area contributed by atoms with Gasteiger partial charge in [0.25, 0.3) is 0 Å². The maximum Gasteiger partial charge on any atom is 1.00 e. The SMILES string of the molecule is [Al].[F-].[Li+].[Sr]. The summed E-state index contributed by atoms with van der Waals surface area (Å²) >= 11 is 0. The van der Waals surface area contributed by atoms with Gasteiger partial charge in [-0.15, -0.1) is 0 Å². The summed E-state index contributed by atoms with van der Waals surface area (Å²) in [5.74, 6) is 0. The minimum absolute atomic E-state index is 0. The quantitative estimate of drug-likeness (QED) is 0.294. The van der Waals surface area contributed by atoms with Gasteiger partial charge >= 0.3 is 18.9 Å². The first-order valence-electron chi connectivity index (χ1n) is 0. The second-order valence-electron chi connectivity index (χ2n) is 0. The van der Waals surface area contributed by atoms with Crippen LogP contribution in [0.4, 0.5) is 0 Å². The molecular formula is AlFLiSr. The molecule has 0 atom stereocenters. The molecule has 0 aliphatic carbocycles. The number of hydrogen-bond donors (Lipinski definition) is 0. The zero-order chi connectivity index (χ0) is 0. The van der Waals surface area contributed by atoms with Crippen molar-refractivity contribution >= 4 is 62.8 Å². The van der Waals surface area contributed by atoms with Gasteiger partial charge in [0, 0.05) is 62.8 Å². The molecular weight excluding hydrogens is 141 g/mol. The standard InChI is InChI=1S/Al.FH.Li.Sr/h;1H;;/q;;+1;/p-1. The molecule has 0 aliphatic rings. The molecule has 0 saturated carbocycles. The van der Waals surface area contributed by atoms with Crippen molar-refractivity contribution in [3.63, 3.8) is 0 Å². The van der Waals surface area contributed by atoms with Crippen LogP contribution >= 0.6 is 0 Å². The van der Waals surface area contributed by atoms with Crippen molar-refractivity contribution in [1.82, 2.24) is 0 Å². The van der Waals surface area contributed by atoms with Gasteiger partial charge in [0.2, 0.25) is 0 Å². The van der Waals surface area contributed by atoms with Gasteiger partial charge in [-0.3, -0.25) is 0 Å². The van der Waals surface area contributed by atoms with Gasteiger partial charge < -0.3 is 4.70 Å². The summed E-state index contributed by atoms with van der Waals surface area (Å²) in [5.41, 5.74) is 0. The Morgan fingerprint density at radius 3 is 1.00 bits per heavy atom. The Kier molecular flexibility index (Phi) is 138. The fourth-order valence-electron chi connectivity index (χ4n) is 0. The van der Waals surface area contributed by atoms with Gasteiger partial charge in [0.15, 0.2) is 0 Å². The summed E-state index contributed by atoms with van der Waals surface area (Å²) < 4.78 is 0. The van der Waals surface area contributed by atoms with Crippen molar-refractivity contribution in [1.29, 1.82) is 0 Å². The summed E-state index contributed by atoms with van der Waals surface area (Å²) in [6.07, 6.45) is 0. The van der Waals surface area contributed by atoms with E-state index in [1.165, 1.54) is 0 Å². The summed E-state index contributed by atoms with van der Waals surface area (Å²) in [6.45, 7) is 0. The van der Waals surface area contributed by atoms with Gasteiger partial charge in [0.05, 0.1) is 0 Å². The normalized spacial score (nSPS) is 0. The molecule has 0 aromatic rings. The van der Waals surface area contributed by atoms with Gasteiger partial charge in [-0.1, -0.05) is 0 Å². The van der Waals surface area contributed by atoms with Crippen molar-refractivity contribution in [2.24, 2.45) is 0 Å². The van der Waals surface area contributed by atoms with E-state index < -0.39 is 0 Å². The van der Waals surface area contributed by atoms with Gasteiger partial charge in [-0.25, -0.2) is 0 Å². The van der Waals surface area contributed by atoms with E-state index in [2.05, 4.69) is 0 Å². The first kappa shape index (κ1) is 31.1. The minimum atomic E-state index is 0. The van der Waals surface area contributed by atoms with Crippen LogP contribution < -0.4 is 23.6 Å². The van der Waals surface area contributed by atoms with Gasteiger partial charge in [-0.2, -0.15) is 0 Å². The molecule has 5 radical (unpaired) electrons. The van der Waals surface area contributed by atoms with Crippen molar-refractivity contribution in [3.05, 3.63) is 0 Å². The van der Waals surface area contributed by atoms with E-state index in [4.69, 9.17) is 0 Å². The Balaban J connectivity index is 0. The number of hydrogen-bond acceptors (Lipinski definition) is 0. The van der Waals surface area contributed by atoms with Crippen molar-refractivity contribution in [2.75, 3.05) is 0 Å². The van der Waals surface area contributed by atoms with Crippen molar-refractivity contribution in [3.8, 4) is 0 Å². The number of halogens is 1. The number of rotatable bonds is 0. The third kappa shape index (κ3) is 8.82. The Morgan fingerprint density at radius 1 is 1.00 bits per heavy atom. The molecule has 13 valence electrons. The van der Waals surface area contributed by atoms with E-state index in [0.29, 0.717) is 0 Å². The molecule has 0 rings (SSSR count). The molecule has 0 bridgehead atoms. The van der Waals surface area contributed by atoms with Crippen LogP contribution in [0.2, 0.25) is 0 Å². The molecule has 0 unspecified atom stereocenters. The first-order valence-corrected chi connectivity index (χ1v) is 0. The molecule has 4 heavy (non-hydrogen) atoms. The third-order valence-corrected chi connectivity index (χ3v) is 0. The molecule has 0 nitrogen and oxygen atoms in total. The van der Waals surface area contributed by atoms with E-state index in [1.54, 1.807) is 0 Å². The van der Waals surface area contributed by atoms with Crippen molar-refractivity contribution in [2.45, 2.75) is 0 Å². The molecule has 0 saturated heterocycles. The van der Waals surface area contributed by atoms with Crippen LogP contribution in [0.5, 0.6) is 0 Å². The second kappa shape index (κ2) is 17.7. The molecule has 4 heteroatoms. The zero-order valence-corrected chi connectivity index (χ0v) is 7.29. The second-order valence-corrected chi connectivity index (χ2v) is 0. The van der Waals surface area contributed by atoms with E-state index >= 15 is 0 Å². The van der Waals surface area contributed by atoms with E-state index in [0.717, 1.165) is 0 Å². The van der Waals surface area contributed by atoms with Crippen LogP contribution in [0.1, 0.15) is 0 Å². The predicted octanol–water partition coefficient (Wildman–Crippen LogP) is -6.75. The fraction of sp³-hybridized carbons (Fsp3) is 0. The van der Waals surface area contributed by atoms with Gasteiger partial charge in [-0.05, 0) is 0 Å². The van der Waals surface area contributed by atoms with E-state index in [-0.39, 0.29) is 86.4 Å². The summed E-state index contributed by atoms with van der Waals surface area (Å²) in [7, 11) is 0. The molecule has 0 heterocycles. The summed E-state index contributed by atoms with van der Waals surface area (Å²) in [6, 6.07) is 0. The van der Waals surface area contributed by atoms with E-state index in [9.17, 15) is 0 Å². The smallest absolute Gasteiger partial charge is 1.00 e. The molecule has 0 aromatic heterocycles. The Labute approximate surface area is 84.7 Å². The third-order valence-electron chi connectivity index (χ3n) is 0. The van der Waals surface area contributed by atoms with Crippen LogP contribution in [0.15, 0.2) is 0 Å². The van der Waals surface area contributed by atoms with E-state index in [1.807, 2.05) is 0 Å². The van der Waals surface area contributed by atoms with Crippen molar-refractivity contribution < 1.29 is 23.6 Å².